The van der Waals surface area contributed by atoms with Crippen molar-refractivity contribution in [2.45, 2.75) is 19.9 Å². The zero-order chi connectivity index (χ0) is 19.1. The van der Waals surface area contributed by atoms with E-state index in [-0.39, 0.29) is 6.54 Å². The molecule has 0 aromatic carbocycles. The number of hydrogen-bond acceptors (Lipinski definition) is 6. The summed E-state index contributed by atoms with van der Waals surface area (Å²) >= 11 is 0. The Morgan fingerprint density at radius 1 is 0.773 bits per heavy atom. The van der Waals surface area contributed by atoms with Gasteiger partial charge in [-0.15, -0.1) is 0 Å². The van der Waals surface area contributed by atoms with Crippen LogP contribution in [0.4, 0.5) is 0 Å². The summed E-state index contributed by atoms with van der Waals surface area (Å²) in [5.74, 6) is 0. The van der Waals surface area contributed by atoms with E-state index >= 15 is 0 Å². The molecule has 0 radical (unpaired) electrons. The summed E-state index contributed by atoms with van der Waals surface area (Å²) in [6, 6.07) is 0. The molecule has 12 nitrogen and oxygen atoms in total. The quantitative estimate of drug-likeness (QED) is 0.429. The highest BCUT2D eigenvalue weighted by Gasteiger charge is 2.14. The Hall–Kier alpha value is -3.18. The van der Waals surface area contributed by atoms with Gasteiger partial charge in [-0.25, -0.2) is 28.1 Å². The third-order valence-corrected chi connectivity index (χ3v) is 2.54. The minimum atomic E-state index is -1.28. The van der Waals surface area contributed by atoms with Gasteiger partial charge in [0.25, 0.3) is 0 Å². The van der Waals surface area contributed by atoms with Gasteiger partial charge in [0.2, 0.25) is 19.2 Å². The number of aromatic nitrogens is 3. The van der Waals surface area contributed by atoms with E-state index in [1.165, 1.54) is 0 Å². The lowest BCUT2D eigenvalue weighted by Crippen LogP contribution is -2.57. The fraction of sp³-hybridized carbons (Fsp3) is 0.400. The van der Waals surface area contributed by atoms with Gasteiger partial charge >= 0.3 is 17.1 Å². The second-order valence-corrected chi connectivity index (χ2v) is 3.76. The van der Waals surface area contributed by atoms with Crippen molar-refractivity contribution in [3.8, 4) is 0 Å². The molecule has 0 fully saturated rings. The molecule has 12 heteroatoms. The van der Waals surface area contributed by atoms with Crippen LogP contribution in [0.5, 0.6) is 0 Å². The van der Waals surface area contributed by atoms with E-state index in [0.717, 1.165) is 0 Å². The molecule has 0 aliphatic rings. The van der Waals surface area contributed by atoms with E-state index < -0.39 is 56.1 Å². The topological polar surface area (TPSA) is 153 Å². The number of nitrogens with zero attached hydrogens (tertiary/aromatic N) is 3. The second-order valence-electron chi connectivity index (χ2n) is 3.76. The van der Waals surface area contributed by atoms with Crippen LogP contribution in [-0.2, 0) is 34.3 Å². The number of carbonyl (C=O) groups excluding carboxylic acids is 3. The molecule has 1 aromatic rings. The van der Waals surface area contributed by atoms with Crippen molar-refractivity contribution in [3.05, 3.63) is 31.5 Å². The molecule has 3 N–H and O–H groups in total. The van der Waals surface area contributed by atoms with Gasteiger partial charge in [-0.05, 0) is 0 Å². The first-order valence-corrected chi connectivity index (χ1v) is 5.83. The summed E-state index contributed by atoms with van der Waals surface area (Å²) in [4.78, 5) is 68.4. The van der Waals surface area contributed by atoms with Crippen LogP contribution in [0.15, 0.2) is 14.4 Å². The largest absolute Gasteiger partial charge is 0.357 e. The molecular weight excluding hydrogens is 300 g/mol. The van der Waals surface area contributed by atoms with E-state index in [4.69, 9.17) is 4.11 Å². The molecule has 22 heavy (non-hydrogen) atoms. The minimum absolute atomic E-state index is 0.273. The van der Waals surface area contributed by atoms with E-state index in [1.54, 1.807) is 0 Å². The molecular formula is C10H14N6O6. The maximum absolute atomic E-state index is 12.2. The zero-order valence-electron chi connectivity index (χ0n) is 14.1. The third kappa shape index (κ3) is 3.68. The Balaban J connectivity index is 3.37. The van der Waals surface area contributed by atoms with E-state index in [9.17, 15) is 28.8 Å². The first-order valence-electron chi connectivity index (χ1n) is 7.33. The number of nitrogens with one attached hydrogen (secondary N) is 3. The molecule has 0 bridgehead atoms. The monoisotopic (exact) mass is 320 g/mol. The lowest BCUT2D eigenvalue weighted by Gasteiger charge is -2.13. The Bertz CT molecular complexity index is 802. The SMILES string of the molecule is [3H]C(=O)NCCn1c(=O)n(CNC([3H])=O)c(=O)n(CNC([3H])=O)c1=O. The first kappa shape index (κ1) is 12.6. The maximum atomic E-state index is 12.2. The van der Waals surface area contributed by atoms with Gasteiger partial charge in [0.05, 0.1) is 0 Å². The molecule has 0 spiro atoms. The fourth-order valence-corrected chi connectivity index (χ4v) is 1.59. The van der Waals surface area contributed by atoms with Crippen LogP contribution in [0.3, 0.4) is 0 Å². The van der Waals surface area contributed by atoms with Gasteiger partial charge < -0.3 is 16.0 Å². The normalized spacial score (nSPS) is 11.7. The Labute approximate surface area is 126 Å². The van der Waals surface area contributed by atoms with Gasteiger partial charge in [0, 0.05) is 13.1 Å². The van der Waals surface area contributed by atoms with E-state index in [2.05, 4.69) is 0 Å². The minimum Gasteiger partial charge on any atom is -0.357 e. The van der Waals surface area contributed by atoms with Gasteiger partial charge in [-0.2, -0.15) is 0 Å². The van der Waals surface area contributed by atoms with Gasteiger partial charge in [0.1, 0.15) is 17.4 Å². The maximum Gasteiger partial charge on any atom is 0.339 e. The van der Waals surface area contributed by atoms with Gasteiger partial charge in [-0.1, -0.05) is 0 Å². The van der Waals surface area contributed by atoms with Crippen molar-refractivity contribution >= 4 is 19.2 Å². The highest BCUT2D eigenvalue weighted by atomic mass is 16.2. The van der Waals surface area contributed by atoms with Crippen molar-refractivity contribution < 1.29 is 18.5 Å². The molecule has 120 valence electrons. The van der Waals surface area contributed by atoms with E-state index in [0.29, 0.717) is 13.7 Å². The van der Waals surface area contributed by atoms with Crippen LogP contribution in [0.2, 0.25) is 0 Å². The molecule has 1 aromatic heterocycles. The summed E-state index contributed by atoms with van der Waals surface area (Å²) in [5, 5.41) is 5.82. The molecule has 0 unspecified atom stereocenters. The van der Waals surface area contributed by atoms with Crippen LogP contribution in [0.1, 0.15) is 4.11 Å². The Morgan fingerprint density at radius 3 is 1.59 bits per heavy atom. The summed E-state index contributed by atoms with van der Waals surface area (Å²) < 4.78 is 21.5. The Morgan fingerprint density at radius 2 is 1.18 bits per heavy atom. The highest BCUT2D eigenvalue weighted by molar-refractivity contribution is 5.46. The predicted octanol–water partition coefficient (Wildman–Crippen LogP) is -4.68. The van der Waals surface area contributed by atoms with Crippen molar-refractivity contribution in [1.82, 2.24) is 29.7 Å². The average molecular weight is 320 g/mol. The molecule has 0 atom stereocenters. The fourth-order valence-electron chi connectivity index (χ4n) is 1.59. The van der Waals surface area contributed by atoms with Crippen LogP contribution in [0.25, 0.3) is 0 Å². The summed E-state index contributed by atoms with van der Waals surface area (Å²) in [6.45, 7) is -2.09. The average Bonchev–Trinajstić information content (AvgIpc) is 2.49. The molecule has 1 rings (SSSR count). The van der Waals surface area contributed by atoms with Crippen LogP contribution < -0.4 is 33.0 Å². The molecule has 0 saturated carbocycles. The summed E-state index contributed by atoms with van der Waals surface area (Å²) in [7, 11) is 0. The van der Waals surface area contributed by atoms with Crippen molar-refractivity contribution in [3.63, 3.8) is 0 Å². The first-order chi connectivity index (χ1) is 11.6. The summed E-state index contributed by atoms with van der Waals surface area (Å²) in [6.07, 6.45) is -3.71. The summed E-state index contributed by atoms with van der Waals surface area (Å²) in [5.41, 5.74) is -3.44. The molecule has 0 saturated heterocycles. The number of carbonyl (C=O) groups is 3. The van der Waals surface area contributed by atoms with Crippen LogP contribution in [0, 0.1) is 0 Å². The molecule has 0 aliphatic carbocycles. The van der Waals surface area contributed by atoms with E-state index in [1.807, 2.05) is 16.0 Å². The lowest BCUT2D eigenvalue weighted by molar-refractivity contribution is -0.110. The number of hydrogen-bond donors (Lipinski definition) is 3. The third-order valence-electron chi connectivity index (χ3n) is 2.54. The second kappa shape index (κ2) is 8.18. The van der Waals surface area contributed by atoms with Crippen molar-refractivity contribution in [2.75, 3.05) is 6.54 Å². The lowest BCUT2D eigenvalue weighted by atomic mass is 10.6. The Kier molecular flexibility index (Phi) is 4.67. The number of rotatable bonds is 7. The van der Waals surface area contributed by atoms with Gasteiger partial charge in [-0.3, -0.25) is 14.4 Å². The molecule has 1 heterocycles. The standard InChI is InChI=1S/C10H14N6O6/c17-5-11-1-2-14-8(20)15(3-12-6-18)10(22)16(9(14)21)4-13-7-19/h5-7H,1-4H2,(H,11,17)(H,12,18)(H,13,19)/i5T,6T,7T. The zero-order valence-corrected chi connectivity index (χ0v) is 11.1. The van der Waals surface area contributed by atoms with Crippen molar-refractivity contribution in [2.24, 2.45) is 0 Å². The van der Waals surface area contributed by atoms with Crippen LogP contribution >= 0.6 is 0 Å². The molecule has 3 amide bonds. The predicted molar refractivity (Wildman–Crippen MR) is 71.7 cm³/mol. The smallest absolute Gasteiger partial charge is 0.339 e. The van der Waals surface area contributed by atoms with Crippen molar-refractivity contribution in [1.29, 1.82) is 0 Å². The highest BCUT2D eigenvalue weighted by Crippen LogP contribution is 1.74. The van der Waals surface area contributed by atoms with Crippen LogP contribution in [-0.4, -0.2) is 39.4 Å². The number of amides is 3. The van der Waals surface area contributed by atoms with Gasteiger partial charge in [0.15, 0.2) is 0 Å². The molecule has 0 aliphatic heterocycles.